The van der Waals surface area contributed by atoms with Crippen LogP contribution in [0.2, 0.25) is 0 Å². The van der Waals surface area contributed by atoms with E-state index in [-0.39, 0.29) is 11.6 Å². The zero-order chi connectivity index (χ0) is 15.2. The van der Waals surface area contributed by atoms with Gasteiger partial charge in [-0.1, -0.05) is 13.0 Å². The van der Waals surface area contributed by atoms with E-state index in [1.807, 2.05) is 0 Å². The largest absolute Gasteiger partial charge is 0.496 e. The molecule has 0 fully saturated rings. The topological polar surface area (TPSA) is 21.3 Å². The van der Waals surface area contributed by atoms with Crippen LogP contribution in [0, 0.1) is 11.6 Å². The summed E-state index contributed by atoms with van der Waals surface area (Å²) in [4.78, 5) is 0. The minimum Gasteiger partial charge on any atom is -0.496 e. The van der Waals surface area contributed by atoms with Crippen LogP contribution in [0.3, 0.4) is 0 Å². The van der Waals surface area contributed by atoms with Crippen molar-refractivity contribution in [1.82, 2.24) is 5.32 Å². The van der Waals surface area contributed by atoms with Crippen LogP contribution < -0.4 is 10.1 Å². The summed E-state index contributed by atoms with van der Waals surface area (Å²) in [7, 11) is 1.53. The Hall–Kier alpha value is -1.94. The lowest BCUT2D eigenvalue weighted by Gasteiger charge is -2.11. The van der Waals surface area contributed by atoms with Gasteiger partial charge in [-0.05, 0) is 48.9 Å². The molecule has 2 aromatic rings. The van der Waals surface area contributed by atoms with Crippen molar-refractivity contribution in [2.24, 2.45) is 0 Å². The Bertz CT molecular complexity index is 614. The lowest BCUT2D eigenvalue weighted by Crippen LogP contribution is -2.14. The molecule has 0 heterocycles. The first kappa shape index (κ1) is 15.4. The van der Waals surface area contributed by atoms with Gasteiger partial charge in [0.25, 0.3) is 0 Å². The molecule has 0 saturated heterocycles. The molecule has 0 saturated carbocycles. The number of rotatable bonds is 6. The molecule has 1 N–H and O–H groups in total. The monoisotopic (exact) mass is 291 g/mol. The van der Waals surface area contributed by atoms with Crippen LogP contribution in [0.25, 0.3) is 11.1 Å². The van der Waals surface area contributed by atoms with Crippen LogP contribution in [0.4, 0.5) is 8.78 Å². The van der Waals surface area contributed by atoms with Crippen molar-refractivity contribution >= 4 is 0 Å². The second-order valence-corrected chi connectivity index (χ2v) is 4.83. The van der Waals surface area contributed by atoms with Crippen molar-refractivity contribution in [1.29, 1.82) is 0 Å². The highest BCUT2D eigenvalue weighted by Crippen LogP contribution is 2.31. The fourth-order valence-corrected chi connectivity index (χ4v) is 2.18. The molecule has 2 nitrogen and oxygen atoms in total. The summed E-state index contributed by atoms with van der Waals surface area (Å²) >= 11 is 0. The maximum Gasteiger partial charge on any atom is 0.127 e. The molecule has 0 atom stereocenters. The van der Waals surface area contributed by atoms with Gasteiger partial charge in [0, 0.05) is 17.7 Å². The maximum absolute atomic E-state index is 13.8. The van der Waals surface area contributed by atoms with Crippen molar-refractivity contribution in [3.8, 4) is 16.9 Å². The lowest BCUT2D eigenvalue weighted by atomic mass is 10.0. The second-order valence-electron chi connectivity index (χ2n) is 4.83. The van der Waals surface area contributed by atoms with E-state index < -0.39 is 0 Å². The van der Waals surface area contributed by atoms with Crippen LogP contribution in [-0.4, -0.2) is 13.7 Å². The van der Waals surface area contributed by atoms with Gasteiger partial charge >= 0.3 is 0 Å². The Labute approximate surface area is 123 Å². The Morgan fingerprint density at radius 3 is 2.62 bits per heavy atom. The van der Waals surface area contributed by atoms with E-state index in [0.717, 1.165) is 18.5 Å². The summed E-state index contributed by atoms with van der Waals surface area (Å²) in [5, 5.41) is 3.17. The number of hydrogen-bond acceptors (Lipinski definition) is 2. The second kappa shape index (κ2) is 7.18. The van der Waals surface area contributed by atoms with E-state index in [1.165, 1.54) is 25.3 Å². The highest BCUT2D eigenvalue weighted by Gasteiger charge is 2.10. The normalized spacial score (nSPS) is 10.7. The first-order valence-corrected chi connectivity index (χ1v) is 6.98. The molecule has 0 amide bonds. The van der Waals surface area contributed by atoms with Gasteiger partial charge in [-0.15, -0.1) is 0 Å². The fourth-order valence-electron chi connectivity index (χ4n) is 2.18. The quantitative estimate of drug-likeness (QED) is 0.808. The summed E-state index contributed by atoms with van der Waals surface area (Å²) in [6.45, 7) is 3.33. The fraction of sp³-hybridized carbons (Fsp3) is 0.294. The van der Waals surface area contributed by atoms with Gasteiger partial charge in [0.1, 0.15) is 17.4 Å². The van der Waals surface area contributed by atoms with Gasteiger partial charge in [-0.3, -0.25) is 0 Å². The van der Waals surface area contributed by atoms with Crippen LogP contribution in [0.15, 0.2) is 36.4 Å². The standard InChI is InChI=1S/C17H19F2NO/c1-3-8-20-11-13-9-12(4-6-16(13)19)15-10-14(18)5-7-17(15)21-2/h4-7,9-10,20H,3,8,11H2,1-2H3. The molecular weight excluding hydrogens is 272 g/mol. The number of ether oxygens (including phenoxy) is 1. The van der Waals surface area contributed by atoms with Crippen molar-refractivity contribution in [3.63, 3.8) is 0 Å². The highest BCUT2D eigenvalue weighted by molar-refractivity contribution is 5.71. The van der Waals surface area contributed by atoms with Gasteiger partial charge in [0.15, 0.2) is 0 Å². The molecule has 0 aliphatic rings. The minimum absolute atomic E-state index is 0.266. The average molecular weight is 291 g/mol. The minimum atomic E-state index is -0.346. The van der Waals surface area contributed by atoms with Gasteiger partial charge in [0.2, 0.25) is 0 Å². The highest BCUT2D eigenvalue weighted by atomic mass is 19.1. The Morgan fingerprint density at radius 2 is 1.90 bits per heavy atom. The zero-order valence-electron chi connectivity index (χ0n) is 12.2. The van der Waals surface area contributed by atoms with Gasteiger partial charge in [-0.25, -0.2) is 8.78 Å². The number of methoxy groups -OCH3 is 1. The molecule has 0 radical (unpaired) electrons. The number of benzene rings is 2. The molecule has 112 valence electrons. The molecule has 0 spiro atoms. The molecule has 2 rings (SSSR count). The van der Waals surface area contributed by atoms with Crippen LogP contribution in [-0.2, 0) is 6.54 Å². The Morgan fingerprint density at radius 1 is 1.10 bits per heavy atom. The Balaban J connectivity index is 2.36. The van der Waals surface area contributed by atoms with Crippen LogP contribution in [0.5, 0.6) is 5.75 Å². The summed E-state index contributed by atoms with van der Waals surface area (Å²) in [5.74, 6) is -0.0472. The Kier molecular flexibility index (Phi) is 5.28. The number of halogens is 2. The predicted molar refractivity (Wildman–Crippen MR) is 80.3 cm³/mol. The number of hydrogen-bond donors (Lipinski definition) is 1. The van der Waals surface area contributed by atoms with E-state index in [4.69, 9.17) is 4.74 Å². The molecule has 0 aromatic heterocycles. The molecule has 0 aliphatic carbocycles. The molecule has 0 aliphatic heterocycles. The van der Waals surface area contributed by atoms with Crippen LogP contribution >= 0.6 is 0 Å². The zero-order valence-corrected chi connectivity index (χ0v) is 12.2. The molecule has 4 heteroatoms. The third-order valence-corrected chi connectivity index (χ3v) is 3.26. The summed E-state index contributed by atoms with van der Waals surface area (Å²) in [6, 6.07) is 9.09. The van der Waals surface area contributed by atoms with E-state index >= 15 is 0 Å². The van der Waals surface area contributed by atoms with Gasteiger partial charge < -0.3 is 10.1 Å². The molecule has 0 bridgehead atoms. The van der Waals surface area contributed by atoms with E-state index in [2.05, 4.69) is 12.2 Å². The lowest BCUT2D eigenvalue weighted by molar-refractivity contribution is 0.415. The number of nitrogens with one attached hydrogen (secondary N) is 1. The first-order chi connectivity index (χ1) is 10.2. The van der Waals surface area contributed by atoms with Crippen LogP contribution in [0.1, 0.15) is 18.9 Å². The molecule has 21 heavy (non-hydrogen) atoms. The van der Waals surface area contributed by atoms with Crippen molar-refractivity contribution in [3.05, 3.63) is 53.6 Å². The predicted octanol–water partition coefficient (Wildman–Crippen LogP) is 4.14. The van der Waals surface area contributed by atoms with Crippen molar-refractivity contribution in [2.45, 2.75) is 19.9 Å². The SMILES string of the molecule is CCCNCc1cc(-c2cc(F)ccc2OC)ccc1F. The van der Waals surface area contributed by atoms with E-state index in [9.17, 15) is 8.78 Å². The third-order valence-electron chi connectivity index (χ3n) is 3.26. The molecule has 0 unspecified atom stereocenters. The maximum atomic E-state index is 13.8. The molecular formula is C17H19F2NO. The summed E-state index contributed by atoms with van der Waals surface area (Å²) < 4.78 is 32.5. The first-order valence-electron chi connectivity index (χ1n) is 6.98. The average Bonchev–Trinajstić information content (AvgIpc) is 2.49. The van der Waals surface area contributed by atoms with Gasteiger partial charge in [-0.2, -0.15) is 0 Å². The summed E-state index contributed by atoms with van der Waals surface area (Å²) in [6.07, 6.45) is 0.985. The van der Waals surface area contributed by atoms with E-state index in [1.54, 1.807) is 18.2 Å². The van der Waals surface area contributed by atoms with Crippen molar-refractivity contribution < 1.29 is 13.5 Å². The van der Waals surface area contributed by atoms with E-state index in [0.29, 0.717) is 23.4 Å². The van der Waals surface area contributed by atoms with Crippen molar-refractivity contribution in [2.75, 3.05) is 13.7 Å². The van der Waals surface area contributed by atoms with Gasteiger partial charge in [0.05, 0.1) is 7.11 Å². The third kappa shape index (κ3) is 3.79. The molecule has 2 aromatic carbocycles. The smallest absolute Gasteiger partial charge is 0.127 e. The summed E-state index contributed by atoms with van der Waals surface area (Å²) in [5.41, 5.74) is 1.92.